The van der Waals surface area contributed by atoms with Gasteiger partial charge in [-0.1, -0.05) is 30.3 Å². The number of hydrogen-bond acceptors (Lipinski definition) is 14. The van der Waals surface area contributed by atoms with Crippen molar-refractivity contribution in [2.24, 2.45) is 0 Å². The number of phosphoric acid groups is 2. The summed E-state index contributed by atoms with van der Waals surface area (Å²) in [6.45, 7) is -0.474. The van der Waals surface area contributed by atoms with Gasteiger partial charge in [0.05, 0.1) is 20.8 Å². The molecule has 1 aliphatic heterocycles. The molecule has 184 valence electrons. The molecular formula is C17H18N5Na3O10P2. The molecule has 0 bridgehead atoms. The Kier molecular flexibility index (Phi) is 14.6. The number of hydrogen-bond donors (Lipinski definition) is 3. The second-order valence-electron chi connectivity index (χ2n) is 7.20. The Morgan fingerprint density at radius 2 is 1.70 bits per heavy atom. The quantitative estimate of drug-likeness (QED) is 0.157. The van der Waals surface area contributed by atoms with Crippen LogP contribution in [0.15, 0.2) is 43.0 Å². The Labute approximate surface area is 277 Å². The number of nitrogens with one attached hydrogen (secondary N) is 1. The van der Waals surface area contributed by atoms with E-state index >= 15 is 0 Å². The smallest absolute Gasteiger partial charge is 0.790 e. The van der Waals surface area contributed by atoms with Gasteiger partial charge in [-0.15, -0.1) is 0 Å². The van der Waals surface area contributed by atoms with Crippen LogP contribution in [0.25, 0.3) is 11.2 Å². The van der Waals surface area contributed by atoms with Crippen LogP contribution in [0.4, 0.5) is 5.82 Å². The van der Waals surface area contributed by atoms with Crippen molar-refractivity contribution in [3.63, 3.8) is 0 Å². The van der Waals surface area contributed by atoms with Crippen molar-refractivity contribution in [1.29, 1.82) is 0 Å². The fourth-order valence-electron chi connectivity index (χ4n) is 3.36. The second-order valence-corrected chi connectivity index (χ2v) is 9.90. The summed E-state index contributed by atoms with van der Waals surface area (Å²) in [7, 11) is -11.4. The van der Waals surface area contributed by atoms with Gasteiger partial charge in [0.25, 0.3) is 7.82 Å². The average Bonchev–Trinajstić information content (AvgIpc) is 3.32. The van der Waals surface area contributed by atoms with E-state index in [0.717, 1.165) is 5.56 Å². The third-order valence-electron chi connectivity index (χ3n) is 4.87. The van der Waals surface area contributed by atoms with Crippen molar-refractivity contribution < 1.29 is 136 Å². The van der Waals surface area contributed by atoms with E-state index in [1.54, 1.807) is 0 Å². The van der Waals surface area contributed by atoms with E-state index in [1.165, 1.54) is 17.2 Å². The molecule has 37 heavy (non-hydrogen) atoms. The fourth-order valence-corrected chi connectivity index (χ4v) is 4.85. The third-order valence-corrected chi connectivity index (χ3v) is 6.94. The molecule has 20 heteroatoms. The first kappa shape index (κ1) is 35.7. The minimum absolute atomic E-state index is 0. The van der Waals surface area contributed by atoms with Crippen LogP contribution >= 0.6 is 15.6 Å². The zero-order chi connectivity index (χ0) is 24.5. The number of fused-ring (bicyclic) bond motifs is 1. The monoisotopic (exact) mass is 583 g/mol. The summed E-state index contributed by atoms with van der Waals surface area (Å²) in [5.74, 6) is 0.407. The summed E-state index contributed by atoms with van der Waals surface area (Å²) >= 11 is 0. The van der Waals surface area contributed by atoms with Crippen LogP contribution in [0.1, 0.15) is 11.8 Å². The maximum Gasteiger partial charge on any atom is 1.00 e. The minimum atomic E-state index is -5.87. The van der Waals surface area contributed by atoms with Crippen molar-refractivity contribution in [2.45, 2.75) is 31.1 Å². The number of anilines is 1. The van der Waals surface area contributed by atoms with Crippen LogP contribution in [0, 0.1) is 0 Å². The van der Waals surface area contributed by atoms with E-state index in [9.17, 15) is 34.0 Å². The van der Waals surface area contributed by atoms with Crippen molar-refractivity contribution in [3.05, 3.63) is 48.5 Å². The largest absolute Gasteiger partial charge is 1.00 e. The normalized spacial score (nSPS) is 22.8. The number of imidazole rings is 1. The van der Waals surface area contributed by atoms with Crippen LogP contribution in [-0.4, -0.2) is 54.7 Å². The fraction of sp³-hybridized carbons (Fsp3) is 0.353. The molecule has 0 aliphatic carbocycles. The van der Waals surface area contributed by atoms with Gasteiger partial charge in [0, 0.05) is 6.54 Å². The van der Waals surface area contributed by atoms with Gasteiger partial charge in [-0.25, -0.2) is 15.0 Å². The van der Waals surface area contributed by atoms with Gasteiger partial charge in [-0.2, -0.15) is 0 Å². The van der Waals surface area contributed by atoms with E-state index < -0.39 is 46.8 Å². The number of aliphatic hydroxyl groups is 2. The van der Waals surface area contributed by atoms with E-state index in [0.29, 0.717) is 17.9 Å². The number of phosphoric ester groups is 1. The number of aromatic nitrogens is 4. The van der Waals surface area contributed by atoms with Gasteiger partial charge >= 0.3 is 88.7 Å². The van der Waals surface area contributed by atoms with E-state index in [1.807, 2.05) is 30.3 Å². The summed E-state index contributed by atoms with van der Waals surface area (Å²) in [5.41, 5.74) is 1.60. The predicted molar refractivity (Wildman–Crippen MR) is 107 cm³/mol. The molecule has 3 aromatic rings. The molecule has 1 aromatic carbocycles. The summed E-state index contributed by atoms with van der Waals surface area (Å²) < 4.78 is 36.4. The maximum absolute atomic E-state index is 11.4. The molecule has 0 radical (unpaired) electrons. The van der Waals surface area contributed by atoms with Gasteiger partial charge in [-0.3, -0.25) is 13.4 Å². The Balaban J connectivity index is 0.00000228. The Morgan fingerprint density at radius 3 is 2.35 bits per heavy atom. The van der Waals surface area contributed by atoms with Crippen LogP contribution in [0.3, 0.4) is 0 Å². The van der Waals surface area contributed by atoms with Crippen molar-refractivity contribution in [3.8, 4) is 0 Å². The molecule has 0 spiro atoms. The van der Waals surface area contributed by atoms with Gasteiger partial charge < -0.3 is 44.0 Å². The van der Waals surface area contributed by atoms with Crippen LogP contribution in [0.2, 0.25) is 0 Å². The molecule has 1 fully saturated rings. The van der Waals surface area contributed by atoms with E-state index in [2.05, 4.69) is 29.1 Å². The van der Waals surface area contributed by atoms with Crippen molar-refractivity contribution in [2.75, 3.05) is 11.9 Å². The molecule has 2 aromatic heterocycles. The first-order valence-corrected chi connectivity index (χ1v) is 12.6. The molecule has 3 heterocycles. The van der Waals surface area contributed by atoms with Gasteiger partial charge in [0.1, 0.15) is 24.6 Å². The number of rotatable bonds is 9. The zero-order valence-electron chi connectivity index (χ0n) is 20.1. The Morgan fingerprint density at radius 1 is 1.03 bits per heavy atom. The molecule has 0 amide bonds. The first-order valence-electron chi connectivity index (χ1n) is 9.70. The number of aliphatic hydroxyl groups excluding tert-OH is 2. The molecule has 1 saturated heterocycles. The summed E-state index contributed by atoms with van der Waals surface area (Å²) in [5, 5.41) is 23.8. The third kappa shape index (κ3) is 9.37. The SMILES string of the molecule is O=P([O-])([O-])OP(=O)([O-])OCC1OC(n2cnc3c(NCc4ccccc4)ncnc32)C(O)C1O.[Na+].[Na+].[Na+]. The second kappa shape index (κ2) is 15.1. The minimum Gasteiger partial charge on any atom is -0.790 e. The van der Waals surface area contributed by atoms with Crippen molar-refractivity contribution in [1.82, 2.24) is 19.5 Å². The molecule has 4 rings (SSSR count). The summed E-state index contributed by atoms with van der Waals surface area (Å²) in [4.78, 5) is 45.0. The summed E-state index contributed by atoms with van der Waals surface area (Å²) in [6.07, 6.45) is -3.29. The predicted octanol–water partition coefficient (Wildman–Crippen LogP) is -10.6. The van der Waals surface area contributed by atoms with E-state index in [-0.39, 0.29) is 94.3 Å². The zero-order valence-corrected chi connectivity index (χ0v) is 27.9. The molecule has 1 aliphatic rings. The van der Waals surface area contributed by atoms with Crippen LogP contribution in [0.5, 0.6) is 0 Å². The van der Waals surface area contributed by atoms with Gasteiger partial charge in [-0.05, 0) is 5.56 Å². The molecule has 5 unspecified atom stereocenters. The molecule has 5 atom stereocenters. The maximum atomic E-state index is 11.4. The first-order chi connectivity index (χ1) is 16.0. The Hall–Kier alpha value is 0.710. The molecule has 0 saturated carbocycles. The van der Waals surface area contributed by atoms with Gasteiger partial charge in [0.15, 0.2) is 23.2 Å². The molecule has 3 N–H and O–H groups in total. The molecule has 15 nitrogen and oxygen atoms in total. The number of ether oxygens (including phenoxy) is 1. The van der Waals surface area contributed by atoms with Crippen molar-refractivity contribution >= 4 is 32.6 Å². The average molecular weight is 583 g/mol. The topological polar surface area (TPSA) is 227 Å². The van der Waals surface area contributed by atoms with Crippen LogP contribution in [-0.2, 0) is 29.2 Å². The standard InChI is InChI=1S/C17H21N5O10P2.3Na/c23-13-11(7-30-34(28,29)32-33(25,26)27)31-17(14(13)24)22-9-21-12-15(19-8-20-16(12)22)18-6-10-4-2-1-3-5-10;;;/h1-5,8-9,11,13-14,17,23-24H,6-7H2,(H,28,29)(H,18,19,20)(H2,25,26,27);;;/q;3*+1/p-3. The Bertz CT molecular complexity index is 1250. The van der Waals surface area contributed by atoms with Gasteiger partial charge in [0.2, 0.25) is 0 Å². The number of benzene rings is 1. The molecular weight excluding hydrogens is 565 g/mol. The number of nitrogens with zero attached hydrogens (tertiary/aromatic N) is 4. The summed E-state index contributed by atoms with van der Waals surface area (Å²) in [6, 6.07) is 9.53. The van der Waals surface area contributed by atoms with E-state index in [4.69, 9.17) is 4.74 Å². The van der Waals surface area contributed by atoms with Crippen LogP contribution < -0.4 is 109 Å².